The van der Waals surface area contributed by atoms with Crippen LogP contribution in [-0.2, 0) is 0 Å². The summed E-state index contributed by atoms with van der Waals surface area (Å²) >= 11 is 1.71. The molecule has 0 aliphatic heterocycles. The van der Waals surface area contributed by atoms with Gasteiger partial charge in [0, 0.05) is 16.5 Å². The molecule has 4 nitrogen and oxygen atoms in total. The van der Waals surface area contributed by atoms with E-state index in [-0.39, 0.29) is 0 Å². The lowest BCUT2D eigenvalue weighted by Crippen LogP contribution is -1.99. The summed E-state index contributed by atoms with van der Waals surface area (Å²) in [4.78, 5) is 5.91. The number of methoxy groups -OCH3 is 2. The molecule has 1 aromatic heterocycles. The number of aromatic nitrogens is 1. The van der Waals surface area contributed by atoms with Crippen LogP contribution in [0.2, 0.25) is 0 Å². The quantitative estimate of drug-likeness (QED) is 0.911. The molecule has 3 rings (SSSR count). The summed E-state index contributed by atoms with van der Waals surface area (Å²) < 4.78 is 10.6. The number of rotatable bonds is 5. The van der Waals surface area contributed by atoms with Gasteiger partial charge < -0.3 is 14.8 Å². The Kier molecular flexibility index (Phi) is 3.53. The molecule has 5 heteroatoms. The fourth-order valence-electron chi connectivity index (χ4n) is 2.11. The van der Waals surface area contributed by atoms with Crippen molar-refractivity contribution in [2.24, 2.45) is 0 Å². The Balaban J connectivity index is 1.93. The molecular formula is C15H18N2O2S. The molecule has 1 heterocycles. The SMILES string of the molecule is COc1ccc(-c2nc(NC3CC3)sc2C)cc1OC. The topological polar surface area (TPSA) is 43.4 Å². The number of aryl methyl sites for hydroxylation is 1. The normalized spacial score (nSPS) is 14.2. The fourth-order valence-corrected chi connectivity index (χ4v) is 3.02. The summed E-state index contributed by atoms with van der Waals surface area (Å²) in [5.41, 5.74) is 2.07. The second-order valence-corrected chi connectivity index (χ2v) is 6.12. The average molecular weight is 290 g/mol. The Bertz CT molecular complexity index is 620. The van der Waals surface area contributed by atoms with Gasteiger partial charge >= 0.3 is 0 Å². The molecule has 0 spiro atoms. The van der Waals surface area contributed by atoms with E-state index in [0.29, 0.717) is 6.04 Å². The third-order valence-electron chi connectivity index (χ3n) is 3.36. The van der Waals surface area contributed by atoms with E-state index in [0.717, 1.165) is 27.9 Å². The average Bonchev–Trinajstić information content (AvgIpc) is 3.20. The summed E-state index contributed by atoms with van der Waals surface area (Å²) in [6, 6.07) is 6.53. The molecule has 20 heavy (non-hydrogen) atoms. The van der Waals surface area contributed by atoms with Crippen molar-refractivity contribution >= 4 is 16.5 Å². The van der Waals surface area contributed by atoms with Gasteiger partial charge in [-0.1, -0.05) is 0 Å². The van der Waals surface area contributed by atoms with Gasteiger partial charge in [0.15, 0.2) is 16.6 Å². The standard InChI is InChI=1S/C15H18N2O2S/c1-9-14(17-15(20-9)16-11-5-6-11)10-4-7-12(18-2)13(8-10)19-3/h4,7-8,11H,5-6H2,1-3H3,(H,16,17). The lowest BCUT2D eigenvalue weighted by molar-refractivity contribution is 0.355. The van der Waals surface area contributed by atoms with Crippen molar-refractivity contribution in [2.45, 2.75) is 25.8 Å². The van der Waals surface area contributed by atoms with Crippen molar-refractivity contribution in [1.82, 2.24) is 4.98 Å². The molecule has 1 aromatic carbocycles. The van der Waals surface area contributed by atoms with Crippen LogP contribution in [-0.4, -0.2) is 25.2 Å². The first-order chi connectivity index (χ1) is 9.71. The van der Waals surface area contributed by atoms with Crippen LogP contribution in [0, 0.1) is 6.92 Å². The molecule has 1 aliphatic carbocycles. The third kappa shape index (κ3) is 2.58. The van der Waals surface area contributed by atoms with Crippen LogP contribution in [0.5, 0.6) is 11.5 Å². The minimum Gasteiger partial charge on any atom is -0.493 e. The van der Waals surface area contributed by atoms with Gasteiger partial charge in [0.25, 0.3) is 0 Å². The molecule has 0 amide bonds. The number of nitrogens with one attached hydrogen (secondary N) is 1. The molecular weight excluding hydrogens is 272 g/mol. The van der Waals surface area contributed by atoms with E-state index in [9.17, 15) is 0 Å². The van der Waals surface area contributed by atoms with Crippen LogP contribution >= 0.6 is 11.3 Å². The summed E-state index contributed by atoms with van der Waals surface area (Å²) in [5.74, 6) is 1.47. The zero-order valence-electron chi connectivity index (χ0n) is 11.9. The predicted molar refractivity (Wildman–Crippen MR) is 82.0 cm³/mol. The molecule has 1 aliphatic rings. The van der Waals surface area contributed by atoms with Gasteiger partial charge in [-0.05, 0) is 38.0 Å². The van der Waals surface area contributed by atoms with E-state index in [1.807, 2.05) is 18.2 Å². The fraction of sp³-hybridized carbons (Fsp3) is 0.400. The first-order valence-corrected chi connectivity index (χ1v) is 7.49. The monoisotopic (exact) mass is 290 g/mol. The number of anilines is 1. The first kappa shape index (κ1) is 13.2. The van der Waals surface area contributed by atoms with Gasteiger partial charge in [0.05, 0.1) is 19.9 Å². The minimum absolute atomic E-state index is 0.624. The highest BCUT2D eigenvalue weighted by molar-refractivity contribution is 7.16. The number of benzene rings is 1. The molecule has 0 unspecified atom stereocenters. The van der Waals surface area contributed by atoms with E-state index in [1.54, 1.807) is 25.6 Å². The Morgan fingerprint density at radius 3 is 2.60 bits per heavy atom. The maximum absolute atomic E-state index is 5.35. The number of nitrogens with zero attached hydrogens (tertiary/aromatic N) is 1. The van der Waals surface area contributed by atoms with Crippen molar-refractivity contribution < 1.29 is 9.47 Å². The lowest BCUT2D eigenvalue weighted by atomic mass is 10.1. The molecule has 1 saturated carbocycles. The van der Waals surface area contributed by atoms with Gasteiger partial charge in [-0.25, -0.2) is 4.98 Å². The molecule has 2 aromatic rings. The number of hydrogen-bond donors (Lipinski definition) is 1. The smallest absolute Gasteiger partial charge is 0.183 e. The van der Waals surface area contributed by atoms with Crippen molar-refractivity contribution in [1.29, 1.82) is 0 Å². The summed E-state index contributed by atoms with van der Waals surface area (Å²) in [6.45, 7) is 2.10. The van der Waals surface area contributed by atoms with Crippen LogP contribution in [0.1, 0.15) is 17.7 Å². The summed E-state index contributed by atoms with van der Waals surface area (Å²) in [6.07, 6.45) is 2.51. The van der Waals surface area contributed by atoms with Crippen molar-refractivity contribution in [3.63, 3.8) is 0 Å². The highest BCUT2D eigenvalue weighted by Crippen LogP contribution is 2.37. The molecule has 0 atom stereocenters. The second kappa shape index (κ2) is 5.32. The Labute approximate surface area is 122 Å². The Hall–Kier alpha value is -1.75. The number of thiazole rings is 1. The van der Waals surface area contributed by atoms with Gasteiger partial charge in [0.2, 0.25) is 0 Å². The Morgan fingerprint density at radius 1 is 1.20 bits per heavy atom. The van der Waals surface area contributed by atoms with Crippen LogP contribution < -0.4 is 14.8 Å². The minimum atomic E-state index is 0.624. The van der Waals surface area contributed by atoms with Crippen LogP contribution in [0.25, 0.3) is 11.3 Å². The van der Waals surface area contributed by atoms with Crippen LogP contribution in [0.15, 0.2) is 18.2 Å². The molecule has 0 bridgehead atoms. The lowest BCUT2D eigenvalue weighted by Gasteiger charge is -2.08. The maximum atomic E-state index is 5.35. The zero-order chi connectivity index (χ0) is 14.1. The van der Waals surface area contributed by atoms with Crippen LogP contribution in [0.3, 0.4) is 0 Å². The largest absolute Gasteiger partial charge is 0.493 e. The summed E-state index contributed by atoms with van der Waals surface area (Å²) in [5, 5.41) is 4.46. The molecule has 1 N–H and O–H groups in total. The zero-order valence-corrected chi connectivity index (χ0v) is 12.7. The number of ether oxygens (including phenoxy) is 2. The summed E-state index contributed by atoms with van der Waals surface area (Å²) in [7, 11) is 3.29. The third-order valence-corrected chi connectivity index (χ3v) is 4.26. The van der Waals surface area contributed by atoms with Crippen molar-refractivity contribution in [2.75, 3.05) is 19.5 Å². The number of hydrogen-bond acceptors (Lipinski definition) is 5. The van der Waals surface area contributed by atoms with E-state index in [1.165, 1.54) is 17.7 Å². The van der Waals surface area contributed by atoms with Gasteiger partial charge in [0.1, 0.15) is 0 Å². The molecule has 0 radical (unpaired) electrons. The van der Waals surface area contributed by atoms with E-state index >= 15 is 0 Å². The predicted octanol–water partition coefficient (Wildman–Crippen LogP) is 3.71. The van der Waals surface area contributed by atoms with Gasteiger partial charge in [-0.2, -0.15) is 0 Å². The maximum Gasteiger partial charge on any atom is 0.183 e. The molecule has 106 valence electrons. The van der Waals surface area contributed by atoms with Crippen LogP contribution in [0.4, 0.5) is 5.13 Å². The van der Waals surface area contributed by atoms with E-state index in [4.69, 9.17) is 14.5 Å². The first-order valence-electron chi connectivity index (χ1n) is 6.67. The van der Waals surface area contributed by atoms with E-state index in [2.05, 4.69) is 12.2 Å². The van der Waals surface area contributed by atoms with Gasteiger partial charge in [-0.15, -0.1) is 11.3 Å². The highest BCUT2D eigenvalue weighted by atomic mass is 32.1. The van der Waals surface area contributed by atoms with E-state index < -0.39 is 0 Å². The second-order valence-electron chi connectivity index (χ2n) is 4.91. The highest BCUT2D eigenvalue weighted by Gasteiger charge is 2.23. The van der Waals surface area contributed by atoms with Gasteiger partial charge in [-0.3, -0.25) is 0 Å². The van der Waals surface area contributed by atoms with Crippen molar-refractivity contribution in [3.8, 4) is 22.8 Å². The molecule has 1 fully saturated rings. The Morgan fingerprint density at radius 2 is 1.95 bits per heavy atom. The molecule has 0 saturated heterocycles. The van der Waals surface area contributed by atoms with Crippen molar-refractivity contribution in [3.05, 3.63) is 23.1 Å².